The number of aliphatic hydroxyl groups is 1. The van der Waals surface area contributed by atoms with E-state index in [4.69, 9.17) is 5.73 Å². The number of benzene rings is 3. The number of nitrogens with one attached hydrogen (secondary N) is 2. The van der Waals surface area contributed by atoms with Crippen molar-refractivity contribution in [1.29, 1.82) is 0 Å². The first kappa shape index (κ1) is 26.1. The van der Waals surface area contributed by atoms with Crippen molar-refractivity contribution in [3.8, 4) is 0 Å². The minimum Gasteiger partial charge on any atom is -0.397 e. The number of hydrogen-bond acceptors (Lipinski definition) is 5. The van der Waals surface area contributed by atoms with Gasteiger partial charge in [0, 0.05) is 24.9 Å². The van der Waals surface area contributed by atoms with E-state index in [-0.39, 0.29) is 11.8 Å². The van der Waals surface area contributed by atoms with Crippen LogP contribution in [0.3, 0.4) is 0 Å². The Hall–Kier alpha value is -3.94. The molecule has 1 saturated heterocycles. The number of amides is 2. The Bertz CT molecular complexity index is 1250. The van der Waals surface area contributed by atoms with Gasteiger partial charge in [-0.15, -0.1) is 0 Å². The molecule has 2 amide bonds. The number of β-amino-alcohol motifs (C(OH)–C–C–N with tert-alkyl or cyclic N) is 1. The summed E-state index contributed by atoms with van der Waals surface area (Å²) in [5.74, 6) is -0.0121. The van der Waals surface area contributed by atoms with Gasteiger partial charge in [0.15, 0.2) is 0 Å². The summed E-state index contributed by atoms with van der Waals surface area (Å²) >= 11 is 0. The van der Waals surface area contributed by atoms with E-state index in [1.54, 1.807) is 30.3 Å². The average Bonchev–Trinajstić information content (AvgIpc) is 3.31. The van der Waals surface area contributed by atoms with Gasteiger partial charge in [-0.3, -0.25) is 14.5 Å². The fourth-order valence-electron chi connectivity index (χ4n) is 4.44. The zero-order chi connectivity index (χ0) is 26.4. The van der Waals surface area contributed by atoms with Gasteiger partial charge in [-0.05, 0) is 59.4 Å². The second-order valence-electron chi connectivity index (χ2n) is 9.68. The molecular weight excluding hydrogens is 464 g/mol. The van der Waals surface area contributed by atoms with Crippen molar-refractivity contribution >= 4 is 35.0 Å². The summed E-state index contributed by atoms with van der Waals surface area (Å²) in [6.45, 7) is 5.34. The molecule has 3 aromatic rings. The standard InChI is InChI=1S/C30H34N4O3/c1-20(2)22-12-14-24(15-13-22)32-30(37)29(34-18-17-25(35)19-34)23-10-7-21(8-11-23)9-16-28(36)33-27-6-4-3-5-26(27)31/h3-16,20,25,29,35H,17-19,31H2,1-2H3,(H,32,37)(H,33,36). The van der Waals surface area contributed by atoms with Crippen LogP contribution in [-0.2, 0) is 9.59 Å². The van der Waals surface area contributed by atoms with Crippen molar-refractivity contribution < 1.29 is 14.7 Å². The molecule has 7 heteroatoms. The Morgan fingerprint density at radius 1 is 0.973 bits per heavy atom. The van der Waals surface area contributed by atoms with Gasteiger partial charge in [0.2, 0.25) is 11.8 Å². The highest BCUT2D eigenvalue weighted by atomic mass is 16.3. The van der Waals surface area contributed by atoms with Gasteiger partial charge in [-0.1, -0.05) is 62.4 Å². The molecule has 1 aliphatic heterocycles. The Balaban J connectivity index is 1.47. The van der Waals surface area contributed by atoms with Gasteiger partial charge >= 0.3 is 0 Å². The molecule has 5 N–H and O–H groups in total. The quantitative estimate of drug-likeness (QED) is 0.264. The van der Waals surface area contributed by atoms with Gasteiger partial charge < -0.3 is 21.5 Å². The highest BCUT2D eigenvalue weighted by molar-refractivity contribution is 6.03. The summed E-state index contributed by atoms with van der Waals surface area (Å²) in [7, 11) is 0. The predicted molar refractivity (Wildman–Crippen MR) is 149 cm³/mol. The summed E-state index contributed by atoms with van der Waals surface area (Å²) in [6, 6.07) is 22.0. The lowest BCUT2D eigenvalue weighted by atomic mass is 10.0. The topological polar surface area (TPSA) is 108 Å². The summed E-state index contributed by atoms with van der Waals surface area (Å²) in [4.78, 5) is 27.7. The number of hydrogen-bond donors (Lipinski definition) is 4. The third-order valence-corrected chi connectivity index (χ3v) is 6.55. The lowest BCUT2D eigenvalue weighted by Crippen LogP contribution is -2.36. The van der Waals surface area contributed by atoms with Crippen LogP contribution in [0.4, 0.5) is 17.1 Å². The molecule has 1 heterocycles. The Morgan fingerprint density at radius 3 is 2.27 bits per heavy atom. The molecule has 1 fully saturated rings. The number of rotatable bonds is 8. The number of para-hydroxylation sites is 2. The minimum absolute atomic E-state index is 0.144. The van der Waals surface area contributed by atoms with Gasteiger partial charge in [-0.2, -0.15) is 0 Å². The zero-order valence-electron chi connectivity index (χ0n) is 21.2. The van der Waals surface area contributed by atoms with Crippen LogP contribution < -0.4 is 16.4 Å². The summed E-state index contributed by atoms with van der Waals surface area (Å²) in [5, 5.41) is 15.9. The summed E-state index contributed by atoms with van der Waals surface area (Å²) in [6.07, 6.45) is 3.35. The number of nitrogens with two attached hydrogens (primary N) is 1. The molecule has 1 aliphatic rings. The first-order chi connectivity index (χ1) is 17.8. The number of nitrogens with zero attached hydrogens (tertiary/aromatic N) is 1. The smallest absolute Gasteiger partial charge is 0.248 e. The van der Waals surface area contributed by atoms with Gasteiger partial charge in [0.1, 0.15) is 6.04 Å². The Morgan fingerprint density at radius 2 is 1.65 bits per heavy atom. The largest absolute Gasteiger partial charge is 0.397 e. The number of nitrogen functional groups attached to an aromatic ring is 1. The third kappa shape index (κ3) is 6.84. The van der Waals surface area contributed by atoms with Crippen molar-refractivity contribution in [3.63, 3.8) is 0 Å². The van der Waals surface area contributed by atoms with Crippen LogP contribution in [0.5, 0.6) is 0 Å². The molecule has 0 spiro atoms. The maximum absolute atomic E-state index is 13.4. The molecule has 2 atom stereocenters. The number of likely N-dealkylation sites (tertiary alicyclic amines) is 1. The van der Waals surface area contributed by atoms with E-state index in [1.165, 1.54) is 11.6 Å². The molecule has 37 heavy (non-hydrogen) atoms. The fraction of sp³-hybridized carbons (Fsp3) is 0.267. The van der Waals surface area contributed by atoms with Crippen LogP contribution >= 0.6 is 0 Å². The van der Waals surface area contributed by atoms with Gasteiger partial charge in [0.25, 0.3) is 0 Å². The maximum Gasteiger partial charge on any atom is 0.248 e. The minimum atomic E-state index is -0.538. The van der Waals surface area contributed by atoms with Crippen LogP contribution in [0.15, 0.2) is 78.9 Å². The van der Waals surface area contributed by atoms with Crippen LogP contribution in [0.1, 0.15) is 48.9 Å². The zero-order valence-corrected chi connectivity index (χ0v) is 21.2. The molecule has 4 rings (SSSR count). The molecule has 0 aliphatic carbocycles. The predicted octanol–water partition coefficient (Wildman–Crippen LogP) is 4.79. The third-order valence-electron chi connectivity index (χ3n) is 6.55. The van der Waals surface area contributed by atoms with Gasteiger partial charge in [0.05, 0.1) is 17.5 Å². The van der Waals surface area contributed by atoms with Crippen molar-refractivity contribution in [1.82, 2.24) is 4.90 Å². The van der Waals surface area contributed by atoms with Crippen LogP contribution in [0.2, 0.25) is 0 Å². The second kappa shape index (κ2) is 11.9. The SMILES string of the molecule is CC(C)c1ccc(NC(=O)C(c2ccc(C=CC(=O)Nc3ccccc3N)cc2)N2CCC(O)C2)cc1. The van der Waals surface area contributed by atoms with E-state index in [9.17, 15) is 14.7 Å². The molecule has 0 bridgehead atoms. The highest BCUT2D eigenvalue weighted by Crippen LogP contribution is 2.28. The normalized spacial score (nSPS) is 16.7. The second-order valence-corrected chi connectivity index (χ2v) is 9.68. The Labute approximate surface area is 218 Å². The van der Waals surface area contributed by atoms with Crippen molar-refractivity contribution in [2.75, 3.05) is 29.5 Å². The average molecular weight is 499 g/mol. The molecule has 2 unspecified atom stereocenters. The number of carbonyl (C=O) groups excluding carboxylic acids is 2. The van der Waals surface area contributed by atoms with Crippen LogP contribution in [-0.4, -0.2) is 41.0 Å². The summed E-state index contributed by atoms with van der Waals surface area (Å²) < 4.78 is 0. The van der Waals surface area contributed by atoms with E-state index in [0.29, 0.717) is 36.8 Å². The van der Waals surface area contributed by atoms with Gasteiger partial charge in [-0.25, -0.2) is 0 Å². The van der Waals surface area contributed by atoms with Crippen molar-refractivity contribution in [2.24, 2.45) is 0 Å². The fourth-order valence-corrected chi connectivity index (χ4v) is 4.44. The maximum atomic E-state index is 13.4. The molecular formula is C30H34N4O3. The van der Waals surface area contributed by atoms with E-state index >= 15 is 0 Å². The molecule has 7 nitrogen and oxygen atoms in total. The highest BCUT2D eigenvalue weighted by Gasteiger charge is 2.33. The number of anilines is 3. The molecule has 0 saturated carbocycles. The van der Waals surface area contributed by atoms with E-state index in [1.807, 2.05) is 53.4 Å². The van der Waals surface area contributed by atoms with E-state index < -0.39 is 12.1 Å². The van der Waals surface area contributed by atoms with Crippen LogP contribution in [0, 0.1) is 0 Å². The monoisotopic (exact) mass is 498 g/mol. The first-order valence-electron chi connectivity index (χ1n) is 12.6. The number of carbonyl (C=O) groups is 2. The first-order valence-corrected chi connectivity index (χ1v) is 12.6. The summed E-state index contributed by atoms with van der Waals surface area (Å²) in [5.41, 5.74) is 10.5. The van der Waals surface area contributed by atoms with Crippen LogP contribution in [0.25, 0.3) is 6.08 Å². The lowest BCUT2D eigenvalue weighted by Gasteiger charge is -2.27. The molecule has 3 aromatic carbocycles. The van der Waals surface area contributed by atoms with E-state index in [0.717, 1.165) is 16.8 Å². The number of aliphatic hydroxyl groups excluding tert-OH is 1. The van der Waals surface area contributed by atoms with Crippen molar-refractivity contribution in [2.45, 2.75) is 38.3 Å². The Kier molecular flexibility index (Phi) is 8.38. The lowest BCUT2D eigenvalue weighted by molar-refractivity contribution is -0.121. The molecule has 0 radical (unpaired) electrons. The molecule has 0 aromatic heterocycles. The molecule has 192 valence electrons. The van der Waals surface area contributed by atoms with Crippen molar-refractivity contribution in [3.05, 3.63) is 95.6 Å². The van der Waals surface area contributed by atoms with E-state index in [2.05, 4.69) is 24.5 Å².